The molecular weight excluding hydrogens is 337 g/mol. The maximum Gasteiger partial charge on any atom is 0.358 e. The van der Waals surface area contributed by atoms with Gasteiger partial charge in [-0.05, 0) is 31.2 Å². The second-order valence-electron chi connectivity index (χ2n) is 4.78. The number of carbonyl (C=O) groups is 1. The first kappa shape index (κ1) is 15.6. The Morgan fingerprint density at radius 1 is 1.04 bits per heavy atom. The maximum absolute atomic E-state index is 12.1. The summed E-state index contributed by atoms with van der Waals surface area (Å²) in [4.78, 5) is 24.9. The van der Waals surface area contributed by atoms with Crippen LogP contribution in [0.15, 0.2) is 36.4 Å². The highest BCUT2D eigenvalue weighted by Crippen LogP contribution is 2.19. The summed E-state index contributed by atoms with van der Waals surface area (Å²) in [6.45, 7) is 1.79. The van der Waals surface area contributed by atoms with Crippen LogP contribution in [0.4, 0.5) is 0 Å². The molecule has 116 valence electrons. The van der Waals surface area contributed by atoms with Crippen molar-refractivity contribution in [3.8, 4) is 0 Å². The number of hydrogen-bond donors (Lipinski definition) is 0. The number of carbonyl (C=O) groups excluding carboxylic acids is 1. The molecule has 0 fully saturated rings. The smallest absolute Gasteiger partial charge is 0.358 e. The Labute approximate surface area is 142 Å². The van der Waals surface area contributed by atoms with Crippen molar-refractivity contribution < 1.29 is 9.53 Å². The third-order valence-electron chi connectivity index (χ3n) is 3.19. The molecule has 3 aromatic rings. The third kappa shape index (κ3) is 3.41. The molecule has 0 radical (unpaired) electrons. The molecule has 5 nitrogen and oxygen atoms in total. The molecule has 7 heteroatoms. The van der Waals surface area contributed by atoms with Gasteiger partial charge in [-0.25, -0.2) is 19.7 Å². The van der Waals surface area contributed by atoms with Gasteiger partial charge in [-0.3, -0.25) is 0 Å². The molecule has 2 aromatic heterocycles. The van der Waals surface area contributed by atoms with Crippen molar-refractivity contribution in [2.24, 2.45) is 0 Å². The lowest BCUT2D eigenvalue weighted by molar-refractivity contribution is 0.0460. The first-order chi connectivity index (χ1) is 11.0. The predicted octanol–water partition coefficient (Wildman–Crippen LogP) is 4.00. The van der Waals surface area contributed by atoms with Gasteiger partial charge in [0.1, 0.15) is 11.8 Å². The largest absolute Gasteiger partial charge is 0.454 e. The molecule has 0 saturated carbocycles. The van der Waals surface area contributed by atoms with E-state index in [0.29, 0.717) is 11.4 Å². The van der Waals surface area contributed by atoms with E-state index >= 15 is 0 Å². The maximum atomic E-state index is 12.1. The molecule has 0 amide bonds. The number of ether oxygens (including phenoxy) is 1. The second kappa shape index (κ2) is 6.48. The molecule has 0 aliphatic rings. The van der Waals surface area contributed by atoms with Gasteiger partial charge >= 0.3 is 5.97 Å². The fourth-order valence-electron chi connectivity index (χ4n) is 2.03. The predicted molar refractivity (Wildman–Crippen MR) is 87.7 cm³/mol. The zero-order chi connectivity index (χ0) is 16.4. The molecule has 0 unspecified atom stereocenters. The van der Waals surface area contributed by atoms with E-state index in [1.165, 1.54) is 12.1 Å². The summed E-state index contributed by atoms with van der Waals surface area (Å²) >= 11 is 11.7. The van der Waals surface area contributed by atoms with E-state index < -0.39 is 5.97 Å². The Morgan fingerprint density at radius 3 is 2.48 bits per heavy atom. The first-order valence-electron chi connectivity index (χ1n) is 6.76. The number of nitrogens with zero attached hydrogens (tertiary/aromatic N) is 3. The Bertz CT molecular complexity index is 900. The van der Waals surface area contributed by atoms with Crippen molar-refractivity contribution in [1.29, 1.82) is 0 Å². The number of benzene rings is 1. The SMILES string of the molecule is Cc1nc2ccccc2nc1COC(=O)c1nc(Cl)ccc1Cl. The van der Waals surface area contributed by atoms with Crippen LogP contribution in [0.25, 0.3) is 11.0 Å². The van der Waals surface area contributed by atoms with Crippen LogP contribution in [0.5, 0.6) is 0 Å². The topological polar surface area (TPSA) is 65.0 Å². The number of hydrogen-bond acceptors (Lipinski definition) is 5. The van der Waals surface area contributed by atoms with Crippen LogP contribution in [0.1, 0.15) is 21.9 Å². The average molecular weight is 348 g/mol. The fourth-order valence-corrected chi connectivity index (χ4v) is 2.36. The molecule has 1 aromatic carbocycles. The number of pyridine rings is 1. The third-order valence-corrected chi connectivity index (χ3v) is 3.70. The highest BCUT2D eigenvalue weighted by atomic mass is 35.5. The van der Waals surface area contributed by atoms with Crippen molar-refractivity contribution in [3.63, 3.8) is 0 Å². The van der Waals surface area contributed by atoms with Crippen LogP contribution in [0.2, 0.25) is 10.2 Å². The van der Waals surface area contributed by atoms with Gasteiger partial charge in [0.2, 0.25) is 0 Å². The summed E-state index contributed by atoms with van der Waals surface area (Å²) in [6, 6.07) is 10.5. The minimum absolute atomic E-state index is 0.0208. The van der Waals surface area contributed by atoms with Crippen LogP contribution < -0.4 is 0 Å². The van der Waals surface area contributed by atoms with E-state index in [1.54, 1.807) is 0 Å². The Morgan fingerprint density at radius 2 is 1.74 bits per heavy atom. The molecule has 0 N–H and O–H groups in total. The van der Waals surface area contributed by atoms with E-state index in [1.807, 2.05) is 31.2 Å². The summed E-state index contributed by atoms with van der Waals surface area (Å²) in [5.74, 6) is -0.660. The van der Waals surface area contributed by atoms with Crippen LogP contribution in [0.3, 0.4) is 0 Å². The standard InChI is InChI=1S/C16H11Cl2N3O2/c1-9-13(20-12-5-3-2-4-11(12)19-9)8-23-16(22)15-10(17)6-7-14(18)21-15/h2-7H,8H2,1H3. The van der Waals surface area contributed by atoms with Crippen LogP contribution in [-0.2, 0) is 11.3 Å². The van der Waals surface area contributed by atoms with E-state index in [0.717, 1.165) is 11.0 Å². The molecule has 3 rings (SSSR count). The molecular formula is C16H11Cl2N3O2. The number of fused-ring (bicyclic) bond motifs is 1. The lowest BCUT2D eigenvalue weighted by Gasteiger charge is -2.08. The van der Waals surface area contributed by atoms with Gasteiger partial charge < -0.3 is 4.74 Å². The van der Waals surface area contributed by atoms with Gasteiger partial charge in [-0.2, -0.15) is 0 Å². The second-order valence-corrected chi connectivity index (χ2v) is 5.58. The molecule has 23 heavy (non-hydrogen) atoms. The first-order valence-corrected chi connectivity index (χ1v) is 7.51. The molecule has 0 saturated heterocycles. The van der Waals surface area contributed by atoms with E-state index in [9.17, 15) is 4.79 Å². The van der Waals surface area contributed by atoms with Crippen molar-refractivity contribution in [2.75, 3.05) is 0 Å². The quantitative estimate of drug-likeness (QED) is 0.529. The Balaban J connectivity index is 1.81. The van der Waals surface area contributed by atoms with Crippen molar-refractivity contribution in [3.05, 3.63) is 63.7 Å². The lowest BCUT2D eigenvalue weighted by Crippen LogP contribution is -2.10. The molecule has 0 aliphatic carbocycles. The zero-order valence-corrected chi connectivity index (χ0v) is 13.6. The molecule has 0 bridgehead atoms. The van der Waals surface area contributed by atoms with Crippen LogP contribution in [0, 0.1) is 6.92 Å². The van der Waals surface area contributed by atoms with Gasteiger partial charge in [-0.15, -0.1) is 0 Å². The van der Waals surface area contributed by atoms with Crippen molar-refractivity contribution >= 4 is 40.2 Å². The minimum Gasteiger partial charge on any atom is -0.454 e. The van der Waals surface area contributed by atoms with Crippen LogP contribution in [-0.4, -0.2) is 20.9 Å². The summed E-state index contributed by atoms with van der Waals surface area (Å²) in [7, 11) is 0. The number of aromatic nitrogens is 3. The van der Waals surface area contributed by atoms with E-state index in [4.69, 9.17) is 27.9 Å². The van der Waals surface area contributed by atoms with E-state index in [-0.39, 0.29) is 22.5 Å². The summed E-state index contributed by atoms with van der Waals surface area (Å²) in [5, 5.41) is 0.351. The Kier molecular flexibility index (Phi) is 4.41. The molecule has 2 heterocycles. The van der Waals surface area contributed by atoms with Gasteiger partial charge in [0.25, 0.3) is 0 Å². The van der Waals surface area contributed by atoms with Gasteiger partial charge in [-0.1, -0.05) is 35.3 Å². The summed E-state index contributed by atoms with van der Waals surface area (Å²) in [6.07, 6.45) is 0. The van der Waals surface area contributed by atoms with E-state index in [2.05, 4.69) is 15.0 Å². The number of halogens is 2. The van der Waals surface area contributed by atoms with Crippen molar-refractivity contribution in [2.45, 2.75) is 13.5 Å². The number of aryl methyl sites for hydroxylation is 1. The average Bonchev–Trinajstić information content (AvgIpc) is 2.54. The highest BCUT2D eigenvalue weighted by Gasteiger charge is 2.16. The van der Waals surface area contributed by atoms with Crippen molar-refractivity contribution in [1.82, 2.24) is 15.0 Å². The molecule has 0 spiro atoms. The normalized spacial score (nSPS) is 10.7. The summed E-state index contributed by atoms with van der Waals surface area (Å²) in [5.41, 5.74) is 2.78. The van der Waals surface area contributed by atoms with Gasteiger partial charge in [0.05, 0.1) is 27.4 Å². The Hall–Kier alpha value is -2.24. The molecule has 0 aliphatic heterocycles. The lowest BCUT2D eigenvalue weighted by atomic mass is 10.2. The number of rotatable bonds is 3. The number of esters is 1. The molecule has 0 atom stereocenters. The number of para-hydroxylation sites is 2. The monoisotopic (exact) mass is 347 g/mol. The van der Waals surface area contributed by atoms with Gasteiger partial charge in [0.15, 0.2) is 5.69 Å². The van der Waals surface area contributed by atoms with Gasteiger partial charge in [0, 0.05) is 0 Å². The highest BCUT2D eigenvalue weighted by molar-refractivity contribution is 6.34. The zero-order valence-electron chi connectivity index (χ0n) is 12.1. The minimum atomic E-state index is -0.660. The fraction of sp³-hybridized carbons (Fsp3) is 0.125. The summed E-state index contributed by atoms with van der Waals surface area (Å²) < 4.78 is 5.23. The van der Waals surface area contributed by atoms with Crippen LogP contribution >= 0.6 is 23.2 Å².